The summed E-state index contributed by atoms with van der Waals surface area (Å²) < 4.78 is 43.0. The SMILES string of the molecule is CC(C(=O)Nc1cc(C(C)(CF)C(F)F)n(C)n1)c1ccc(-c2nn(C(C)C)c(N)c2C#N)cc1. The molecule has 0 aliphatic rings. The molecule has 0 bridgehead atoms. The van der Waals surface area contributed by atoms with E-state index < -0.39 is 30.3 Å². The fourth-order valence-electron chi connectivity index (χ4n) is 3.77. The van der Waals surface area contributed by atoms with Crippen LogP contribution in [0.5, 0.6) is 0 Å². The van der Waals surface area contributed by atoms with Crippen molar-refractivity contribution in [1.29, 1.82) is 5.26 Å². The molecule has 2 heterocycles. The number of nitrogens with zero attached hydrogens (tertiary/aromatic N) is 5. The predicted octanol–water partition coefficient (Wildman–Crippen LogP) is 4.55. The topological polar surface area (TPSA) is 115 Å². The molecule has 0 saturated carbocycles. The zero-order valence-corrected chi connectivity index (χ0v) is 20.2. The molecule has 11 heteroatoms. The van der Waals surface area contributed by atoms with E-state index in [4.69, 9.17) is 5.73 Å². The van der Waals surface area contributed by atoms with Gasteiger partial charge >= 0.3 is 0 Å². The minimum atomic E-state index is -2.94. The molecule has 2 aromatic heterocycles. The van der Waals surface area contributed by atoms with Gasteiger partial charge in [-0.15, -0.1) is 0 Å². The Hall–Kier alpha value is -3.81. The number of anilines is 2. The van der Waals surface area contributed by atoms with Gasteiger partial charge in [0, 0.05) is 24.7 Å². The number of aryl methyl sites for hydroxylation is 1. The van der Waals surface area contributed by atoms with Gasteiger partial charge in [0.2, 0.25) is 5.91 Å². The predicted molar refractivity (Wildman–Crippen MR) is 127 cm³/mol. The van der Waals surface area contributed by atoms with E-state index in [0.29, 0.717) is 22.6 Å². The van der Waals surface area contributed by atoms with E-state index in [1.807, 2.05) is 13.8 Å². The third-order valence-corrected chi connectivity index (χ3v) is 6.10. The van der Waals surface area contributed by atoms with Crippen LogP contribution in [-0.2, 0) is 17.3 Å². The van der Waals surface area contributed by atoms with Gasteiger partial charge in [0.05, 0.1) is 17.0 Å². The molecule has 8 nitrogen and oxygen atoms in total. The number of nitrogens with one attached hydrogen (secondary N) is 1. The normalized spacial score (nSPS) is 14.1. The lowest BCUT2D eigenvalue weighted by molar-refractivity contribution is -0.117. The number of hydrogen-bond donors (Lipinski definition) is 2. The van der Waals surface area contributed by atoms with Crippen molar-refractivity contribution in [3.05, 3.63) is 47.2 Å². The maximum absolute atomic E-state index is 13.4. The Morgan fingerprint density at radius 1 is 1.23 bits per heavy atom. The van der Waals surface area contributed by atoms with Crippen LogP contribution in [0.25, 0.3) is 11.3 Å². The van der Waals surface area contributed by atoms with E-state index in [2.05, 4.69) is 21.6 Å². The Kier molecular flexibility index (Phi) is 7.24. The number of nitriles is 1. The van der Waals surface area contributed by atoms with Gasteiger partial charge in [-0.25, -0.2) is 17.9 Å². The van der Waals surface area contributed by atoms with E-state index >= 15 is 0 Å². The second-order valence-corrected chi connectivity index (χ2v) is 8.98. The van der Waals surface area contributed by atoms with Crippen LogP contribution in [0.4, 0.5) is 24.8 Å². The van der Waals surface area contributed by atoms with Gasteiger partial charge in [0.15, 0.2) is 5.82 Å². The van der Waals surface area contributed by atoms with Crippen LogP contribution in [0.15, 0.2) is 30.3 Å². The summed E-state index contributed by atoms with van der Waals surface area (Å²) in [4.78, 5) is 12.8. The summed E-state index contributed by atoms with van der Waals surface area (Å²) in [5.74, 6) is -0.664. The highest BCUT2D eigenvalue weighted by atomic mass is 19.3. The van der Waals surface area contributed by atoms with Crippen LogP contribution in [0.2, 0.25) is 0 Å². The molecular weight excluding hydrogens is 459 g/mol. The molecule has 2 unspecified atom stereocenters. The number of halogens is 3. The van der Waals surface area contributed by atoms with E-state index in [9.17, 15) is 23.2 Å². The second kappa shape index (κ2) is 9.82. The molecule has 3 rings (SSSR count). The molecule has 0 aliphatic heterocycles. The van der Waals surface area contributed by atoms with Crippen LogP contribution < -0.4 is 11.1 Å². The number of nitrogens with two attached hydrogens (primary N) is 1. The Morgan fingerprint density at radius 2 is 1.86 bits per heavy atom. The molecule has 3 N–H and O–H groups in total. The molecule has 1 aromatic carbocycles. The van der Waals surface area contributed by atoms with Crippen LogP contribution in [-0.4, -0.2) is 38.6 Å². The molecular formula is C24H28F3N7O. The quantitative estimate of drug-likeness (QED) is 0.484. The fraction of sp³-hybridized carbons (Fsp3) is 0.417. The van der Waals surface area contributed by atoms with E-state index in [1.165, 1.54) is 13.1 Å². The molecule has 186 valence electrons. The van der Waals surface area contributed by atoms with Crippen molar-refractivity contribution in [2.75, 3.05) is 17.7 Å². The number of alkyl halides is 3. The maximum atomic E-state index is 13.4. The van der Waals surface area contributed by atoms with Crippen LogP contribution >= 0.6 is 0 Å². The maximum Gasteiger partial charge on any atom is 0.251 e. The lowest BCUT2D eigenvalue weighted by Gasteiger charge is -2.24. The average Bonchev–Trinajstić information content (AvgIpc) is 3.37. The van der Waals surface area contributed by atoms with Gasteiger partial charge in [-0.05, 0) is 33.3 Å². The average molecular weight is 488 g/mol. The van der Waals surface area contributed by atoms with Crippen molar-refractivity contribution in [2.24, 2.45) is 7.05 Å². The van der Waals surface area contributed by atoms with E-state index in [-0.39, 0.29) is 23.1 Å². The van der Waals surface area contributed by atoms with Crippen LogP contribution in [0.3, 0.4) is 0 Å². The molecule has 0 fully saturated rings. The smallest absolute Gasteiger partial charge is 0.251 e. The van der Waals surface area contributed by atoms with Crippen molar-refractivity contribution in [2.45, 2.75) is 51.5 Å². The van der Waals surface area contributed by atoms with Gasteiger partial charge in [-0.2, -0.15) is 15.5 Å². The third-order valence-electron chi connectivity index (χ3n) is 6.10. The van der Waals surface area contributed by atoms with Gasteiger partial charge in [-0.3, -0.25) is 9.48 Å². The number of aromatic nitrogens is 4. The Morgan fingerprint density at radius 3 is 2.37 bits per heavy atom. The number of hydrogen-bond acceptors (Lipinski definition) is 5. The van der Waals surface area contributed by atoms with Crippen molar-refractivity contribution in [3.8, 4) is 17.3 Å². The summed E-state index contributed by atoms with van der Waals surface area (Å²) in [5, 5.41) is 20.7. The zero-order valence-electron chi connectivity index (χ0n) is 20.2. The molecule has 0 spiro atoms. The van der Waals surface area contributed by atoms with Crippen molar-refractivity contribution in [1.82, 2.24) is 19.6 Å². The largest absolute Gasteiger partial charge is 0.383 e. The summed E-state index contributed by atoms with van der Waals surface area (Å²) in [5.41, 5.74) is 6.12. The summed E-state index contributed by atoms with van der Waals surface area (Å²) in [6, 6.07) is 10.3. The molecule has 2 atom stereocenters. The molecule has 35 heavy (non-hydrogen) atoms. The Balaban J connectivity index is 1.80. The third kappa shape index (κ3) is 4.73. The number of amides is 1. The number of nitrogen functional groups attached to an aromatic ring is 1. The lowest BCUT2D eigenvalue weighted by atomic mass is 9.88. The van der Waals surface area contributed by atoms with E-state index in [0.717, 1.165) is 11.6 Å². The monoisotopic (exact) mass is 487 g/mol. The van der Waals surface area contributed by atoms with Gasteiger partial charge in [0.25, 0.3) is 6.43 Å². The first-order valence-corrected chi connectivity index (χ1v) is 11.0. The zero-order chi connectivity index (χ0) is 26.1. The molecule has 1 amide bonds. The first-order valence-electron chi connectivity index (χ1n) is 11.0. The first kappa shape index (κ1) is 25.8. The molecule has 3 aromatic rings. The number of carbonyl (C=O) groups is 1. The minimum Gasteiger partial charge on any atom is -0.383 e. The fourth-order valence-corrected chi connectivity index (χ4v) is 3.77. The van der Waals surface area contributed by atoms with E-state index in [1.54, 1.807) is 35.9 Å². The standard InChI is InChI=1S/C24H28F3N7O/c1-13(2)34-21(29)17(11-28)20(32-34)16-8-6-15(7-9-16)14(3)22(35)30-19-10-18(33(5)31-19)24(4,12-25)23(26)27/h6-10,13-14,23H,12,29H2,1-5H3,(H,30,31,35). The summed E-state index contributed by atoms with van der Waals surface area (Å²) in [6.45, 7) is 5.35. The highest BCUT2D eigenvalue weighted by molar-refractivity contribution is 5.95. The highest BCUT2D eigenvalue weighted by Crippen LogP contribution is 2.33. The van der Waals surface area contributed by atoms with Gasteiger partial charge < -0.3 is 11.1 Å². The Bertz CT molecular complexity index is 1260. The van der Waals surface area contributed by atoms with Crippen LogP contribution in [0.1, 0.15) is 56.5 Å². The first-order chi connectivity index (χ1) is 16.4. The van der Waals surface area contributed by atoms with Gasteiger partial charge in [0.1, 0.15) is 29.8 Å². The molecule has 0 radical (unpaired) electrons. The van der Waals surface area contributed by atoms with Crippen LogP contribution in [0, 0.1) is 11.3 Å². The Labute approximate surface area is 201 Å². The highest BCUT2D eigenvalue weighted by Gasteiger charge is 2.40. The van der Waals surface area contributed by atoms with Crippen molar-refractivity contribution in [3.63, 3.8) is 0 Å². The summed E-state index contributed by atoms with van der Waals surface area (Å²) >= 11 is 0. The second-order valence-electron chi connectivity index (χ2n) is 8.98. The minimum absolute atomic E-state index is 0.0179. The van der Waals surface area contributed by atoms with Crippen molar-refractivity contribution >= 4 is 17.5 Å². The summed E-state index contributed by atoms with van der Waals surface area (Å²) in [7, 11) is 1.42. The number of carbonyl (C=O) groups excluding carboxylic acids is 1. The molecule has 0 aliphatic carbocycles. The number of benzene rings is 1. The van der Waals surface area contributed by atoms with Crippen molar-refractivity contribution < 1.29 is 18.0 Å². The lowest BCUT2D eigenvalue weighted by Crippen LogP contribution is -2.35. The summed E-state index contributed by atoms with van der Waals surface area (Å²) in [6.07, 6.45) is -2.94. The molecule has 0 saturated heterocycles. The van der Waals surface area contributed by atoms with Gasteiger partial charge in [-0.1, -0.05) is 24.3 Å². The number of rotatable bonds is 8.